The van der Waals surface area contributed by atoms with E-state index in [1.54, 1.807) is 24.2 Å². The van der Waals surface area contributed by atoms with Crippen LogP contribution in [0.4, 0.5) is 30.2 Å². The molecule has 2 N–H and O–H groups in total. The molecule has 0 spiro atoms. The molecule has 2 aliphatic rings. The number of aromatic nitrogens is 1. The summed E-state index contributed by atoms with van der Waals surface area (Å²) in [4.78, 5) is 46.4. The molecule has 2 aromatic rings. The van der Waals surface area contributed by atoms with E-state index in [0.717, 1.165) is 0 Å². The monoisotopic (exact) mass is 627 g/mol. The number of piperazine rings is 1. The van der Waals surface area contributed by atoms with Gasteiger partial charge in [-0.3, -0.25) is 29.6 Å². The number of nitrogens with one attached hydrogen (secondary N) is 2. The quantitative estimate of drug-likeness (QED) is 0.351. The number of hydrogen-bond acceptors (Lipinski definition) is 8. The molecule has 1 aromatic heterocycles. The average Bonchev–Trinajstić information content (AvgIpc) is 2.92. The van der Waals surface area contributed by atoms with Gasteiger partial charge in [-0.05, 0) is 25.0 Å². The van der Waals surface area contributed by atoms with Crippen molar-refractivity contribution in [3.05, 3.63) is 56.3 Å². The fraction of sp³-hybridized carbons (Fsp3) is 0.480. The second kappa shape index (κ2) is 12.4. The number of hydrogen-bond donors (Lipinski definition) is 2. The second-order valence-electron chi connectivity index (χ2n) is 9.74. The lowest BCUT2D eigenvalue weighted by Gasteiger charge is -2.36. The second-order valence-corrected chi connectivity index (χ2v) is 10.7. The topological polar surface area (TPSA) is 124 Å². The van der Waals surface area contributed by atoms with Crippen LogP contribution < -0.4 is 10.6 Å². The van der Waals surface area contributed by atoms with Gasteiger partial charge in [-0.15, -0.1) is 0 Å². The van der Waals surface area contributed by atoms with Crippen molar-refractivity contribution in [2.45, 2.75) is 25.1 Å². The number of nitro benzene ring substituents is 1. The van der Waals surface area contributed by atoms with E-state index < -0.39 is 23.6 Å². The SMILES string of the molecule is CNc1cncc(C(=O)N2CCCC(Nc3c(C(=O)N4CCN(CC(F)(F)F)CC4)cc(Br)cc3[N+](=O)[O-])C2)c1. The fourth-order valence-corrected chi connectivity index (χ4v) is 5.40. The first-order valence-corrected chi connectivity index (χ1v) is 13.5. The highest BCUT2D eigenvalue weighted by Crippen LogP contribution is 2.35. The van der Waals surface area contributed by atoms with Crippen LogP contribution in [-0.4, -0.2) is 102 Å². The van der Waals surface area contributed by atoms with Crippen molar-refractivity contribution < 1.29 is 27.7 Å². The molecule has 1 unspecified atom stereocenters. The summed E-state index contributed by atoms with van der Waals surface area (Å²) in [6.07, 6.45) is -0.0216. The van der Waals surface area contributed by atoms with E-state index in [2.05, 4.69) is 31.5 Å². The summed E-state index contributed by atoms with van der Waals surface area (Å²) in [5.41, 5.74) is 0.838. The minimum Gasteiger partial charge on any atom is -0.387 e. The zero-order valence-corrected chi connectivity index (χ0v) is 23.3. The molecule has 1 atom stereocenters. The maximum absolute atomic E-state index is 13.5. The lowest BCUT2D eigenvalue weighted by Crippen LogP contribution is -2.51. The van der Waals surface area contributed by atoms with E-state index in [9.17, 15) is 32.9 Å². The summed E-state index contributed by atoms with van der Waals surface area (Å²) in [7, 11) is 1.72. The number of anilines is 2. The first-order chi connectivity index (χ1) is 18.9. The summed E-state index contributed by atoms with van der Waals surface area (Å²) in [5, 5.41) is 18.1. The molecule has 1 aromatic carbocycles. The number of carbonyl (C=O) groups excluding carboxylic acids is 2. The minimum absolute atomic E-state index is 0.0223. The Hall–Kier alpha value is -3.46. The molecule has 2 fully saturated rings. The number of benzene rings is 1. The number of likely N-dealkylation sites (tertiary alicyclic amines) is 1. The van der Waals surface area contributed by atoms with Gasteiger partial charge in [0.1, 0.15) is 5.69 Å². The Bertz CT molecular complexity index is 1270. The maximum atomic E-state index is 13.5. The van der Waals surface area contributed by atoms with Gasteiger partial charge in [0.25, 0.3) is 17.5 Å². The number of alkyl halides is 3. The molecule has 4 rings (SSSR count). The molecule has 11 nitrogen and oxygen atoms in total. The number of nitro groups is 1. The minimum atomic E-state index is -4.34. The van der Waals surface area contributed by atoms with Crippen molar-refractivity contribution in [2.75, 3.05) is 63.5 Å². The lowest BCUT2D eigenvalue weighted by atomic mass is 10.0. The Kier molecular flexibility index (Phi) is 9.13. The molecule has 2 saturated heterocycles. The van der Waals surface area contributed by atoms with E-state index in [-0.39, 0.29) is 61.6 Å². The highest BCUT2D eigenvalue weighted by Gasteiger charge is 2.35. The third-order valence-electron chi connectivity index (χ3n) is 6.90. The van der Waals surface area contributed by atoms with Crippen LogP contribution >= 0.6 is 15.9 Å². The van der Waals surface area contributed by atoms with Crippen molar-refractivity contribution in [1.29, 1.82) is 0 Å². The predicted octanol–water partition coefficient (Wildman–Crippen LogP) is 3.83. The van der Waals surface area contributed by atoms with E-state index in [1.807, 2.05) is 0 Å². The summed E-state index contributed by atoms with van der Waals surface area (Å²) in [6.45, 7) is -0.131. The Morgan fingerprint density at radius 1 is 1.10 bits per heavy atom. The molecule has 0 saturated carbocycles. The normalized spacial score (nSPS) is 18.4. The molecular formula is C25H29BrF3N7O4. The molecule has 3 heterocycles. The summed E-state index contributed by atoms with van der Waals surface area (Å²) in [5.74, 6) is -0.744. The van der Waals surface area contributed by atoms with Crippen molar-refractivity contribution in [3.63, 3.8) is 0 Å². The van der Waals surface area contributed by atoms with Gasteiger partial charge in [0, 0.05) is 75.3 Å². The highest BCUT2D eigenvalue weighted by molar-refractivity contribution is 9.10. The first kappa shape index (κ1) is 29.5. The van der Waals surface area contributed by atoms with Gasteiger partial charge < -0.3 is 20.4 Å². The van der Waals surface area contributed by atoms with E-state index in [1.165, 1.54) is 28.1 Å². The van der Waals surface area contributed by atoms with Crippen molar-refractivity contribution in [3.8, 4) is 0 Å². The number of carbonyl (C=O) groups is 2. The average molecular weight is 628 g/mol. The number of halogens is 4. The van der Waals surface area contributed by atoms with Crippen LogP contribution in [0.5, 0.6) is 0 Å². The molecule has 2 aliphatic heterocycles. The first-order valence-electron chi connectivity index (χ1n) is 12.7. The Morgan fingerprint density at radius 2 is 1.82 bits per heavy atom. The smallest absolute Gasteiger partial charge is 0.387 e. The fourth-order valence-electron chi connectivity index (χ4n) is 4.95. The van der Waals surface area contributed by atoms with Crippen LogP contribution in [-0.2, 0) is 0 Å². The maximum Gasteiger partial charge on any atom is 0.401 e. The Morgan fingerprint density at radius 3 is 2.48 bits per heavy atom. The number of nitrogens with zero attached hydrogens (tertiary/aromatic N) is 5. The molecule has 0 aliphatic carbocycles. The van der Waals surface area contributed by atoms with Gasteiger partial charge >= 0.3 is 6.18 Å². The standard InChI is InChI=1S/C25H29BrF3N7O4/c1-30-19-9-16(12-31-13-19)23(37)35-4-2-3-18(14-35)32-22-20(10-17(26)11-21(22)36(39)40)24(38)34-7-5-33(6-8-34)15-25(27,28)29/h9-13,18,30,32H,2-8,14-15H2,1H3. The predicted molar refractivity (Wildman–Crippen MR) is 146 cm³/mol. The van der Waals surface area contributed by atoms with Gasteiger partial charge in [0.15, 0.2) is 0 Å². The zero-order chi connectivity index (χ0) is 29.0. The number of piperidine rings is 1. The van der Waals surface area contributed by atoms with Gasteiger partial charge in [0.2, 0.25) is 0 Å². The Balaban J connectivity index is 1.54. The number of amides is 2. The molecule has 40 heavy (non-hydrogen) atoms. The van der Waals surface area contributed by atoms with E-state index >= 15 is 0 Å². The molecule has 0 radical (unpaired) electrons. The van der Waals surface area contributed by atoms with Crippen LogP contribution in [0.25, 0.3) is 0 Å². The molecule has 2 amide bonds. The molecule has 0 bridgehead atoms. The summed E-state index contributed by atoms with van der Waals surface area (Å²) in [6, 6.07) is 4.08. The Labute approximate surface area is 237 Å². The van der Waals surface area contributed by atoms with Crippen LogP contribution in [0, 0.1) is 10.1 Å². The van der Waals surface area contributed by atoms with Crippen LogP contribution in [0.3, 0.4) is 0 Å². The van der Waals surface area contributed by atoms with Crippen molar-refractivity contribution >= 4 is 44.8 Å². The van der Waals surface area contributed by atoms with Crippen molar-refractivity contribution in [1.82, 2.24) is 19.7 Å². The third-order valence-corrected chi connectivity index (χ3v) is 7.36. The van der Waals surface area contributed by atoms with Crippen LogP contribution in [0.2, 0.25) is 0 Å². The molecule has 216 valence electrons. The molecular weight excluding hydrogens is 599 g/mol. The third kappa shape index (κ3) is 7.18. The zero-order valence-electron chi connectivity index (χ0n) is 21.7. The van der Waals surface area contributed by atoms with Gasteiger partial charge in [-0.25, -0.2) is 0 Å². The highest BCUT2D eigenvalue weighted by atomic mass is 79.9. The van der Waals surface area contributed by atoms with Gasteiger partial charge in [0.05, 0.1) is 28.3 Å². The summed E-state index contributed by atoms with van der Waals surface area (Å²) < 4.78 is 38.7. The van der Waals surface area contributed by atoms with E-state index in [4.69, 9.17) is 0 Å². The van der Waals surface area contributed by atoms with Gasteiger partial charge in [-0.1, -0.05) is 15.9 Å². The van der Waals surface area contributed by atoms with Gasteiger partial charge in [-0.2, -0.15) is 13.2 Å². The van der Waals surface area contributed by atoms with Crippen molar-refractivity contribution in [2.24, 2.45) is 0 Å². The van der Waals surface area contributed by atoms with Crippen LogP contribution in [0.15, 0.2) is 35.1 Å². The number of pyridine rings is 1. The number of rotatable bonds is 7. The lowest BCUT2D eigenvalue weighted by molar-refractivity contribution is -0.384. The van der Waals surface area contributed by atoms with E-state index in [0.29, 0.717) is 35.1 Å². The summed E-state index contributed by atoms with van der Waals surface area (Å²) >= 11 is 3.24. The molecule has 15 heteroatoms. The van der Waals surface area contributed by atoms with Crippen LogP contribution in [0.1, 0.15) is 33.6 Å². The largest absolute Gasteiger partial charge is 0.401 e.